The minimum absolute atomic E-state index is 0.248. The summed E-state index contributed by atoms with van der Waals surface area (Å²) in [5, 5.41) is 22.6. The van der Waals surface area contributed by atoms with Gasteiger partial charge in [-0.05, 0) is 51.0 Å². The van der Waals surface area contributed by atoms with Crippen molar-refractivity contribution in [1.82, 2.24) is 5.32 Å². The Morgan fingerprint density at radius 3 is 2.35 bits per heavy atom. The lowest BCUT2D eigenvalue weighted by atomic mass is 9.78. The van der Waals surface area contributed by atoms with E-state index in [9.17, 15) is 9.90 Å². The monoisotopic (exact) mass is 241 g/mol. The van der Waals surface area contributed by atoms with Gasteiger partial charge in [0.05, 0.1) is 11.5 Å². The summed E-state index contributed by atoms with van der Waals surface area (Å²) in [4.78, 5) is 10.8. The van der Waals surface area contributed by atoms with Crippen LogP contribution in [-0.4, -0.2) is 34.9 Å². The molecular weight excluding hydrogens is 218 g/mol. The SMILES string of the molecule is O=C(O)C1CCC(O)(CNCC2CCC2)CC1. The first kappa shape index (κ1) is 12.8. The third-order valence-electron chi connectivity index (χ3n) is 4.38. The Hall–Kier alpha value is -0.610. The summed E-state index contributed by atoms with van der Waals surface area (Å²) in [6.45, 7) is 1.63. The first-order valence-electron chi connectivity index (χ1n) is 6.75. The van der Waals surface area contributed by atoms with E-state index >= 15 is 0 Å². The molecule has 2 saturated carbocycles. The number of carboxylic acid groups (broad SMARTS) is 1. The molecule has 0 aliphatic heterocycles. The third kappa shape index (κ3) is 3.42. The fraction of sp³-hybridized carbons (Fsp3) is 0.923. The molecule has 3 N–H and O–H groups in total. The third-order valence-corrected chi connectivity index (χ3v) is 4.38. The predicted molar refractivity (Wildman–Crippen MR) is 64.8 cm³/mol. The highest BCUT2D eigenvalue weighted by molar-refractivity contribution is 5.70. The molecule has 0 aromatic carbocycles. The van der Waals surface area contributed by atoms with Gasteiger partial charge in [-0.25, -0.2) is 0 Å². The van der Waals surface area contributed by atoms with Crippen LogP contribution >= 0.6 is 0 Å². The summed E-state index contributed by atoms with van der Waals surface area (Å²) in [6, 6.07) is 0. The highest BCUT2D eigenvalue weighted by atomic mass is 16.4. The second-order valence-electron chi connectivity index (χ2n) is 5.76. The molecule has 0 heterocycles. The van der Waals surface area contributed by atoms with Crippen molar-refractivity contribution in [3.05, 3.63) is 0 Å². The number of carboxylic acids is 1. The van der Waals surface area contributed by atoms with Gasteiger partial charge < -0.3 is 15.5 Å². The number of rotatable bonds is 5. The molecule has 98 valence electrons. The molecule has 0 aromatic rings. The Kier molecular flexibility index (Phi) is 4.05. The Morgan fingerprint density at radius 2 is 1.88 bits per heavy atom. The normalized spacial score (nSPS) is 34.3. The Bertz CT molecular complexity index is 268. The van der Waals surface area contributed by atoms with Crippen molar-refractivity contribution in [2.24, 2.45) is 11.8 Å². The summed E-state index contributed by atoms with van der Waals surface area (Å²) in [7, 11) is 0. The van der Waals surface area contributed by atoms with Crippen LogP contribution in [0.2, 0.25) is 0 Å². The van der Waals surface area contributed by atoms with Gasteiger partial charge in [0.1, 0.15) is 0 Å². The molecule has 2 aliphatic carbocycles. The van der Waals surface area contributed by atoms with Crippen LogP contribution < -0.4 is 5.32 Å². The van der Waals surface area contributed by atoms with Crippen LogP contribution in [0.4, 0.5) is 0 Å². The number of aliphatic carboxylic acids is 1. The smallest absolute Gasteiger partial charge is 0.306 e. The molecule has 2 fully saturated rings. The number of hydrogen-bond acceptors (Lipinski definition) is 3. The van der Waals surface area contributed by atoms with Crippen molar-refractivity contribution in [3.63, 3.8) is 0 Å². The molecule has 4 heteroatoms. The maximum Gasteiger partial charge on any atom is 0.306 e. The molecule has 0 aromatic heterocycles. The van der Waals surface area contributed by atoms with Crippen molar-refractivity contribution >= 4 is 5.97 Å². The van der Waals surface area contributed by atoms with E-state index in [0.29, 0.717) is 32.2 Å². The van der Waals surface area contributed by atoms with Crippen LogP contribution in [0.15, 0.2) is 0 Å². The summed E-state index contributed by atoms with van der Waals surface area (Å²) >= 11 is 0. The van der Waals surface area contributed by atoms with Gasteiger partial charge in [0.15, 0.2) is 0 Å². The van der Waals surface area contributed by atoms with Crippen LogP contribution in [0.25, 0.3) is 0 Å². The van der Waals surface area contributed by atoms with E-state index in [1.54, 1.807) is 0 Å². The zero-order valence-electron chi connectivity index (χ0n) is 10.3. The fourth-order valence-corrected chi connectivity index (χ4v) is 2.78. The molecule has 2 rings (SSSR count). The van der Waals surface area contributed by atoms with Crippen molar-refractivity contribution in [1.29, 1.82) is 0 Å². The zero-order chi connectivity index (χ0) is 12.3. The van der Waals surface area contributed by atoms with E-state index in [1.807, 2.05) is 0 Å². The number of carbonyl (C=O) groups is 1. The average Bonchev–Trinajstić information content (AvgIpc) is 2.22. The molecule has 0 amide bonds. The topological polar surface area (TPSA) is 69.6 Å². The molecule has 0 bridgehead atoms. The van der Waals surface area contributed by atoms with Gasteiger partial charge in [-0.15, -0.1) is 0 Å². The molecule has 2 aliphatic rings. The summed E-state index contributed by atoms with van der Waals surface area (Å²) in [5.74, 6) is -0.162. The second-order valence-corrected chi connectivity index (χ2v) is 5.76. The standard InChI is InChI=1S/C13H23NO3/c15-12(16)11-4-6-13(17,7-5-11)9-14-8-10-2-1-3-10/h10-11,14,17H,1-9H2,(H,15,16). The second kappa shape index (κ2) is 5.36. The van der Waals surface area contributed by atoms with Gasteiger partial charge in [-0.1, -0.05) is 6.42 Å². The maximum absolute atomic E-state index is 10.8. The van der Waals surface area contributed by atoms with Crippen molar-refractivity contribution in [2.45, 2.75) is 50.5 Å². The zero-order valence-corrected chi connectivity index (χ0v) is 10.3. The molecule has 4 nitrogen and oxygen atoms in total. The minimum atomic E-state index is -0.713. The van der Waals surface area contributed by atoms with Crippen molar-refractivity contribution < 1.29 is 15.0 Å². The van der Waals surface area contributed by atoms with Gasteiger partial charge in [0.25, 0.3) is 0 Å². The predicted octanol–water partition coefficient (Wildman–Crippen LogP) is 1.38. The van der Waals surface area contributed by atoms with Crippen molar-refractivity contribution in [2.75, 3.05) is 13.1 Å². The highest BCUT2D eigenvalue weighted by Gasteiger charge is 2.35. The Balaban J connectivity index is 1.67. The van der Waals surface area contributed by atoms with Gasteiger partial charge in [0, 0.05) is 6.54 Å². The summed E-state index contributed by atoms with van der Waals surface area (Å²) < 4.78 is 0. The largest absolute Gasteiger partial charge is 0.481 e. The molecular formula is C13H23NO3. The van der Waals surface area contributed by atoms with E-state index < -0.39 is 11.6 Å². The van der Waals surface area contributed by atoms with E-state index in [2.05, 4.69) is 5.32 Å². The summed E-state index contributed by atoms with van der Waals surface area (Å²) in [5.41, 5.74) is -0.671. The minimum Gasteiger partial charge on any atom is -0.481 e. The van der Waals surface area contributed by atoms with E-state index in [1.165, 1.54) is 19.3 Å². The Morgan fingerprint density at radius 1 is 1.24 bits per heavy atom. The first-order chi connectivity index (χ1) is 8.09. The number of nitrogens with one attached hydrogen (secondary N) is 1. The maximum atomic E-state index is 10.8. The number of hydrogen-bond donors (Lipinski definition) is 3. The lowest BCUT2D eigenvalue weighted by molar-refractivity contribution is -0.144. The fourth-order valence-electron chi connectivity index (χ4n) is 2.78. The van der Waals surface area contributed by atoms with Crippen LogP contribution in [0.5, 0.6) is 0 Å². The van der Waals surface area contributed by atoms with E-state index in [-0.39, 0.29) is 5.92 Å². The quantitative estimate of drug-likeness (QED) is 0.680. The number of aliphatic hydroxyl groups is 1. The summed E-state index contributed by atoms with van der Waals surface area (Å²) in [6.07, 6.45) is 6.41. The lowest BCUT2D eigenvalue weighted by Crippen LogP contribution is -2.45. The van der Waals surface area contributed by atoms with Gasteiger partial charge in [0.2, 0.25) is 0 Å². The Labute approximate surface area is 102 Å². The molecule has 0 saturated heterocycles. The highest BCUT2D eigenvalue weighted by Crippen LogP contribution is 2.32. The van der Waals surface area contributed by atoms with Gasteiger partial charge >= 0.3 is 5.97 Å². The molecule has 0 unspecified atom stereocenters. The average molecular weight is 241 g/mol. The molecule has 0 spiro atoms. The van der Waals surface area contributed by atoms with Crippen LogP contribution in [0.1, 0.15) is 44.9 Å². The molecule has 17 heavy (non-hydrogen) atoms. The molecule has 0 radical (unpaired) electrons. The lowest BCUT2D eigenvalue weighted by Gasteiger charge is -2.36. The molecule has 0 atom stereocenters. The van der Waals surface area contributed by atoms with Crippen LogP contribution in [0, 0.1) is 11.8 Å². The van der Waals surface area contributed by atoms with E-state index in [0.717, 1.165) is 12.5 Å². The van der Waals surface area contributed by atoms with Gasteiger partial charge in [-0.2, -0.15) is 0 Å². The van der Waals surface area contributed by atoms with Crippen LogP contribution in [-0.2, 0) is 4.79 Å². The first-order valence-corrected chi connectivity index (χ1v) is 6.75. The van der Waals surface area contributed by atoms with Crippen LogP contribution in [0.3, 0.4) is 0 Å². The van der Waals surface area contributed by atoms with Gasteiger partial charge in [-0.3, -0.25) is 4.79 Å². The van der Waals surface area contributed by atoms with E-state index in [4.69, 9.17) is 5.11 Å². The van der Waals surface area contributed by atoms with Crippen molar-refractivity contribution in [3.8, 4) is 0 Å².